The van der Waals surface area contributed by atoms with Crippen molar-refractivity contribution in [2.75, 3.05) is 50.0 Å². The molecule has 0 nitrogen and oxygen atoms in total. The van der Waals surface area contributed by atoms with Crippen molar-refractivity contribution in [3.63, 3.8) is 0 Å². The summed E-state index contributed by atoms with van der Waals surface area (Å²) >= 11 is 0. The Morgan fingerprint density at radius 2 is 0.636 bits per heavy atom. The molecule has 0 fully saturated rings. The van der Waals surface area contributed by atoms with Crippen LogP contribution in [0.4, 0.5) is 0 Å². The van der Waals surface area contributed by atoms with Gasteiger partial charge in [-0.05, 0) is 50.0 Å². The molecule has 0 bridgehead atoms. The van der Waals surface area contributed by atoms with Crippen LogP contribution in [0.2, 0.25) is 0 Å². The summed E-state index contributed by atoms with van der Waals surface area (Å²) in [5, 5.41) is 0. The van der Waals surface area contributed by atoms with E-state index in [1.54, 1.807) is 0 Å². The highest BCUT2D eigenvalue weighted by molar-refractivity contribution is 9.39. The first kappa shape index (κ1) is 12.0. The van der Waals surface area contributed by atoms with Gasteiger partial charge < -0.3 is 0 Å². The second kappa shape index (κ2) is 3.08. The van der Waals surface area contributed by atoms with Gasteiger partial charge in [0.05, 0.1) is 0 Å². The van der Waals surface area contributed by atoms with Gasteiger partial charge in [-0.1, -0.05) is 0 Å². The van der Waals surface area contributed by atoms with Crippen LogP contribution >= 0.6 is 26.2 Å². The van der Waals surface area contributed by atoms with Crippen molar-refractivity contribution in [3.05, 3.63) is 0 Å². The monoisotopic (exact) mass is 216 g/mol. The molecule has 0 saturated carbocycles. The van der Waals surface area contributed by atoms with Crippen molar-refractivity contribution in [2.24, 2.45) is 0 Å². The van der Waals surface area contributed by atoms with Crippen molar-refractivity contribution in [2.45, 2.75) is 0 Å². The highest BCUT2D eigenvalue weighted by Crippen LogP contribution is 2.89. The zero-order valence-corrected chi connectivity index (χ0v) is 11.7. The average Bonchev–Trinajstić information content (AvgIpc) is 1.58. The molecule has 0 radical (unpaired) electrons. The van der Waals surface area contributed by atoms with E-state index in [0.717, 1.165) is 0 Å². The van der Waals surface area contributed by atoms with Crippen LogP contribution in [0.3, 0.4) is 0 Å². The van der Waals surface area contributed by atoms with Gasteiger partial charge in [0.2, 0.25) is 0 Å². The van der Waals surface area contributed by atoms with Gasteiger partial charge in [-0.2, -0.15) is 8.09 Å². The van der Waals surface area contributed by atoms with Crippen LogP contribution in [0, 0.1) is 0 Å². The Bertz CT molecular complexity index is 120. The standard InChI is InChI=1S/C8H24S3/c1-9(2,3)11(7,8)10(4,5)6/h1-8H3. The summed E-state index contributed by atoms with van der Waals surface area (Å²) in [5.41, 5.74) is 0. The molecule has 0 aliphatic carbocycles. The van der Waals surface area contributed by atoms with Crippen LogP contribution in [0.25, 0.3) is 0 Å². The normalized spacial score (nSPS) is 19.6. The lowest BCUT2D eigenvalue weighted by Crippen LogP contribution is -2.10. The summed E-state index contributed by atoms with van der Waals surface area (Å²) in [4.78, 5) is 0. The molecule has 0 aliphatic heterocycles. The van der Waals surface area contributed by atoms with E-state index in [4.69, 9.17) is 0 Å². The zero-order chi connectivity index (χ0) is 9.50. The van der Waals surface area contributed by atoms with E-state index >= 15 is 0 Å². The second-order valence-electron chi connectivity index (χ2n) is 4.59. The van der Waals surface area contributed by atoms with E-state index in [2.05, 4.69) is 50.0 Å². The molecule has 0 rings (SSSR count). The van der Waals surface area contributed by atoms with Crippen molar-refractivity contribution in [3.8, 4) is 0 Å². The SMILES string of the molecule is CS(C)(C)S(C)(C)S(C)(C)C. The third kappa shape index (κ3) is 2.49. The van der Waals surface area contributed by atoms with Gasteiger partial charge in [0, 0.05) is 0 Å². The summed E-state index contributed by atoms with van der Waals surface area (Å²) in [5.74, 6) is 0. The van der Waals surface area contributed by atoms with Gasteiger partial charge in [0.15, 0.2) is 0 Å². The van der Waals surface area contributed by atoms with Gasteiger partial charge in [-0.3, -0.25) is 0 Å². The quantitative estimate of drug-likeness (QED) is 0.622. The highest BCUT2D eigenvalue weighted by atomic mass is 33.6. The van der Waals surface area contributed by atoms with E-state index in [1.807, 2.05) is 0 Å². The maximum atomic E-state index is 2.51. The maximum Gasteiger partial charge on any atom is -0.0200 e. The van der Waals surface area contributed by atoms with Gasteiger partial charge in [0.1, 0.15) is 0 Å². The van der Waals surface area contributed by atoms with Crippen molar-refractivity contribution in [1.82, 2.24) is 0 Å². The van der Waals surface area contributed by atoms with E-state index < -0.39 is 0 Å². The summed E-state index contributed by atoms with van der Waals surface area (Å²) in [6, 6.07) is 0. The van der Waals surface area contributed by atoms with Crippen LogP contribution < -0.4 is 0 Å². The fourth-order valence-corrected chi connectivity index (χ4v) is 16.5. The highest BCUT2D eigenvalue weighted by Gasteiger charge is 2.31. The lowest BCUT2D eigenvalue weighted by Gasteiger charge is -2.60. The molecule has 0 aromatic carbocycles. The van der Waals surface area contributed by atoms with E-state index in [1.165, 1.54) is 0 Å². The Morgan fingerprint density at radius 1 is 0.455 bits per heavy atom. The molecular formula is C8H24S3. The Labute approximate surface area is 76.3 Å². The number of hydrogen-bond donors (Lipinski definition) is 0. The van der Waals surface area contributed by atoms with Crippen molar-refractivity contribution < 1.29 is 0 Å². The molecule has 0 aromatic rings. The van der Waals surface area contributed by atoms with E-state index in [0.29, 0.717) is 0 Å². The molecule has 0 aromatic heterocycles. The molecule has 0 unspecified atom stereocenters. The van der Waals surface area contributed by atoms with Crippen molar-refractivity contribution in [1.29, 1.82) is 0 Å². The minimum atomic E-state index is -0.347. The molecule has 0 N–H and O–H groups in total. The first-order valence-corrected chi connectivity index (χ1v) is 12.8. The predicted octanol–water partition coefficient (Wildman–Crippen LogP) is 3.27. The topological polar surface area (TPSA) is 0 Å². The summed E-state index contributed by atoms with van der Waals surface area (Å²) < 4.78 is 0. The zero-order valence-electron chi connectivity index (χ0n) is 9.22. The van der Waals surface area contributed by atoms with Crippen molar-refractivity contribution >= 4 is 26.2 Å². The fraction of sp³-hybridized carbons (Fsp3) is 1.00. The number of rotatable bonds is 2. The Morgan fingerprint density at radius 3 is 0.636 bits per heavy atom. The van der Waals surface area contributed by atoms with Crippen LogP contribution in [-0.2, 0) is 0 Å². The third-order valence-electron chi connectivity index (χ3n) is 2.41. The first-order valence-electron chi connectivity index (χ1n) is 3.60. The summed E-state index contributed by atoms with van der Waals surface area (Å²) in [6.07, 6.45) is 19.8. The lowest BCUT2D eigenvalue weighted by molar-refractivity contribution is 2.11. The minimum absolute atomic E-state index is 0.340. The third-order valence-corrected chi connectivity index (χ3v) is 29.0. The van der Waals surface area contributed by atoms with Gasteiger partial charge >= 0.3 is 0 Å². The fourth-order valence-electron chi connectivity index (χ4n) is 0.612. The number of hydrogen-bond acceptors (Lipinski definition) is 0. The average molecular weight is 216 g/mol. The van der Waals surface area contributed by atoms with Crippen LogP contribution in [0.1, 0.15) is 0 Å². The molecule has 3 heteroatoms. The molecule has 0 heterocycles. The maximum absolute atomic E-state index is 2.51. The smallest absolute Gasteiger partial charge is 0.0200 e. The minimum Gasteiger partial charge on any atom is -0.212 e. The van der Waals surface area contributed by atoms with E-state index in [9.17, 15) is 0 Å². The Balaban J connectivity index is 4.75. The van der Waals surface area contributed by atoms with Crippen LogP contribution in [0.5, 0.6) is 0 Å². The van der Waals surface area contributed by atoms with Gasteiger partial charge in [-0.25, -0.2) is 18.1 Å². The van der Waals surface area contributed by atoms with Crippen LogP contribution in [-0.4, -0.2) is 50.0 Å². The van der Waals surface area contributed by atoms with Gasteiger partial charge in [-0.15, -0.1) is 0 Å². The van der Waals surface area contributed by atoms with Crippen LogP contribution in [0.15, 0.2) is 0 Å². The second-order valence-corrected chi connectivity index (χ2v) is 25.4. The lowest BCUT2D eigenvalue weighted by atomic mass is 11.9. The largest absolute Gasteiger partial charge is 0.212 e. The molecule has 0 spiro atoms. The molecule has 0 aliphatic rings. The molecule has 0 atom stereocenters. The predicted molar refractivity (Wildman–Crippen MR) is 70.2 cm³/mol. The summed E-state index contributed by atoms with van der Waals surface area (Å²) in [6.45, 7) is 0. The molecular weight excluding hydrogens is 192 g/mol. The van der Waals surface area contributed by atoms with E-state index in [-0.39, 0.29) is 26.2 Å². The van der Waals surface area contributed by atoms with Gasteiger partial charge in [0.25, 0.3) is 0 Å². The Kier molecular flexibility index (Phi) is 3.37. The Hall–Kier alpha value is 1.05. The molecule has 0 saturated heterocycles. The molecule has 0 amide bonds. The molecule has 74 valence electrons. The molecule has 11 heavy (non-hydrogen) atoms. The first-order chi connectivity index (χ1) is 4.50. The summed E-state index contributed by atoms with van der Waals surface area (Å²) in [7, 11) is -1.03.